The molecule has 3 aromatic heterocycles. The van der Waals surface area contributed by atoms with Crippen molar-refractivity contribution in [2.24, 2.45) is 5.73 Å². The maximum absolute atomic E-state index is 14.8. The summed E-state index contributed by atoms with van der Waals surface area (Å²) in [5.41, 5.74) is 7.21. The highest BCUT2D eigenvalue weighted by molar-refractivity contribution is 5.96. The fourth-order valence-corrected chi connectivity index (χ4v) is 3.90. The molecule has 1 aliphatic carbocycles. The van der Waals surface area contributed by atoms with Crippen LogP contribution >= 0.6 is 0 Å². The number of rotatable bonds is 9. The smallest absolute Gasteiger partial charge is 0.414 e. The van der Waals surface area contributed by atoms with Crippen molar-refractivity contribution in [2.75, 3.05) is 11.9 Å². The van der Waals surface area contributed by atoms with Gasteiger partial charge in [0.05, 0.1) is 16.8 Å². The molecule has 1 saturated carbocycles. The summed E-state index contributed by atoms with van der Waals surface area (Å²) in [6.07, 6.45) is 4.64. The first-order chi connectivity index (χ1) is 17.7. The largest absolute Gasteiger partial charge is 0.447 e. The van der Waals surface area contributed by atoms with Gasteiger partial charge in [-0.2, -0.15) is 5.10 Å². The van der Waals surface area contributed by atoms with Gasteiger partial charge in [-0.3, -0.25) is 4.79 Å². The summed E-state index contributed by atoms with van der Waals surface area (Å²) >= 11 is 0. The molecule has 1 amide bonds. The molecule has 3 heterocycles. The van der Waals surface area contributed by atoms with Crippen molar-refractivity contribution >= 4 is 22.9 Å². The van der Waals surface area contributed by atoms with E-state index in [1.54, 1.807) is 17.6 Å². The minimum Gasteiger partial charge on any atom is -0.447 e. The van der Waals surface area contributed by atoms with Crippen LogP contribution in [0, 0.1) is 11.6 Å². The van der Waals surface area contributed by atoms with Crippen molar-refractivity contribution < 1.29 is 22.7 Å². The third-order valence-electron chi connectivity index (χ3n) is 5.76. The third kappa shape index (κ3) is 5.07. The predicted octanol–water partition coefficient (Wildman–Crippen LogP) is 3.54. The molecule has 1 fully saturated rings. The standard InChI is InChI=1S/C24H26F2N8O3/c1-11(2)19-15(23-32-33-24(37-23)36-9-12(3)27)8-34-20(19)21(28-10-29-34)31-18-6-14(16(25)7-17(18)26)22(35)30-13-4-5-13/h6-8,10-13H,4-5,9,27H2,1-3H3,(H,30,35)(H,28,29,31). The second-order valence-electron chi connectivity index (χ2n) is 9.36. The molecule has 0 saturated heterocycles. The van der Waals surface area contributed by atoms with E-state index in [4.69, 9.17) is 14.9 Å². The molecular weight excluding hydrogens is 486 g/mol. The number of carbonyl (C=O) groups is 1. The highest BCUT2D eigenvalue weighted by Gasteiger charge is 2.27. The molecule has 37 heavy (non-hydrogen) atoms. The number of nitrogens with zero attached hydrogens (tertiary/aromatic N) is 5. The number of halogens is 2. The number of ether oxygens (including phenoxy) is 1. The number of hydrogen-bond donors (Lipinski definition) is 3. The Morgan fingerprint density at radius 1 is 1.24 bits per heavy atom. The van der Waals surface area contributed by atoms with E-state index in [1.807, 2.05) is 13.8 Å². The number of nitrogens with one attached hydrogen (secondary N) is 2. The zero-order valence-electron chi connectivity index (χ0n) is 20.5. The van der Waals surface area contributed by atoms with Crippen LogP contribution in [0.25, 0.3) is 17.0 Å². The molecule has 11 nitrogen and oxygen atoms in total. The van der Waals surface area contributed by atoms with Gasteiger partial charge in [-0.25, -0.2) is 18.3 Å². The lowest BCUT2D eigenvalue weighted by Gasteiger charge is -2.13. The maximum Gasteiger partial charge on any atom is 0.414 e. The van der Waals surface area contributed by atoms with Crippen molar-refractivity contribution in [1.82, 2.24) is 30.1 Å². The Hall–Kier alpha value is -4.13. The van der Waals surface area contributed by atoms with Crippen LogP contribution < -0.4 is 21.1 Å². The number of anilines is 2. The Kier molecular flexibility index (Phi) is 6.46. The minimum absolute atomic E-state index is 0.0212. The summed E-state index contributed by atoms with van der Waals surface area (Å²) in [7, 11) is 0. The molecule has 0 radical (unpaired) electrons. The fourth-order valence-electron chi connectivity index (χ4n) is 3.90. The molecule has 5 rings (SSSR count). The van der Waals surface area contributed by atoms with Gasteiger partial charge in [-0.1, -0.05) is 18.9 Å². The summed E-state index contributed by atoms with van der Waals surface area (Å²) < 4.78 is 41.8. The normalized spacial score (nSPS) is 14.2. The average molecular weight is 513 g/mol. The van der Waals surface area contributed by atoms with E-state index >= 15 is 0 Å². The van der Waals surface area contributed by atoms with Crippen LogP contribution in [0.5, 0.6) is 6.08 Å². The molecule has 1 aliphatic rings. The van der Waals surface area contributed by atoms with Crippen LogP contribution in [0.2, 0.25) is 0 Å². The molecule has 0 bridgehead atoms. The summed E-state index contributed by atoms with van der Waals surface area (Å²) in [5, 5.41) is 17.9. The first kappa shape index (κ1) is 24.6. The first-order valence-corrected chi connectivity index (χ1v) is 11.9. The average Bonchev–Trinajstić information content (AvgIpc) is 3.37. The Balaban J connectivity index is 1.53. The highest BCUT2D eigenvalue weighted by Crippen LogP contribution is 2.37. The lowest BCUT2D eigenvalue weighted by Crippen LogP contribution is -2.26. The summed E-state index contributed by atoms with van der Waals surface area (Å²) in [6, 6.07) is 1.63. The number of fused-ring (bicyclic) bond motifs is 1. The highest BCUT2D eigenvalue weighted by atomic mass is 19.1. The van der Waals surface area contributed by atoms with Crippen molar-refractivity contribution in [3.8, 4) is 17.5 Å². The fraction of sp³-hybridized carbons (Fsp3) is 0.375. The monoisotopic (exact) mass is 512 g/mol. The van der Waals surface area contributed by atoms with Gasteiger partial charge in [-0.05, 0) is 37.3 Å². The molecular formula is C24H26F2N8O3. The van der Waals surface area contributed by atoms with E-state index in [1.165, 1.54) is 6.33 Å². The van der Waals surface area contributed by atoms with Crippen LogP contribution in [-0.2, 0) is 0 Å². The molecule has 1 aromatic carbocycles. The van der Waals surface area contributed by atoms with E-state index in [0.717, 1.165) is 24.5 Å². The second-order valence-corrected chi connectivity index (χ2v) is 9.36. The van der Waals surface area contributed by atoms with Gasteiger partial charge in [-0.15, -0.1) is 5.10 Å². The molecule has 1 unspecified atom stereocenters. The Labute approximate surface area is 210 Å². The maximum atomic E-state index is 14.8. The van der Waals surface area contributed by atoms with Gasteiger partial charge in [0.25, 0.3) is 11.8 Å². The van der Waals surface area contributed by atoms with Crippen LogP contribution in [0.1, 0.15) is 55.5 Å². The van der Waals surface area contributed by atoms with Gasteiger partial charge in [0.15, 0.2) is 5.82 Å². The van der Waals surface area contributed by atoms with Gasteiger partial charge in [0, 0.05) is 24.3 Å². The molecule has 4 N–H and O–H groups in total. The van der Waals surface area contributed by atoms with Crippen LogP contribution in [-0.4, -0.2) is 49.4 Å². The zero-order chi connectivity index (χ0) is 26.3. The summed E-state index contributed by atoms with van der Waals surface area (Å²) in [4.78, 5) is 16.8. The van der Waals surface area contributed by atoms with Gasteiger partial charge < -0.3 is 25.5 Å². The Morgan fingerprint density at radius 3 is 2.73 bits per heavy atom. The Bertz CT molecular complexity index is 1460. The number of benzene rings is 1. The predicted molar refractivity (Wildman–Crippen MR) is 130 cm³/mol. The molecule has 0 spiro atoms. The lowest BCUT2D eigenvalue weighted by atomic mass is 10.00. The SMILES string of the molecule is CC(N)COc1nnc(-c2cn3ncnc(Nc4cc(C(=O)NC5CC5)c(F)cc4F)c3c2C(C)C)o1. The second kappa shape index (κ2) is 9.73. The summed E-state index contributed by atoms with van der Waals surface area (Å²) in [6.45, 7) is 5.91. The molecule has 0 aliphatic heterocycles. The number of nitrogens with two attached hydrogens (primary N) is 1. The van der Waals surface area contributed by atoms with E-state index in [0.29, 0.717) is 17.1 Å². The topological polar surface area (TPSA) is 145 Å². The van der Waals surface area contributed by atoms with Crippen molar-refractivity contribution in [2.45, 2.75) is 51.6 Å². The summed E-state index contributed by atoms with van der Waals surface area (Å²) in [5.74, 6) is -2.03. The number of amides is 1. The van der Waals surface area contributed by atoms with Crippen molar-refractivity contribution in [3.05, 3.63) is 47.4 Å². The molecule has 13 heteroatoms. The lowest BCUT2D eigenvalue weighted by molar-refractivity contribution is 0.0947. The number of hydrogen-bond acceptors (Lipinski definition) is 9. The third-order valence-corrected chi connectivity index (χ3v) is 5.76. The van der Waals surface area contributed by atoms with Crippen LogP contribution in [0.4, 0.5) is 20.3 Å². The van der Waals surface area contributed by atoms with E-state index in [9.17, 15) is 13.6 Å². The van der Waals surface area contributed by atoms with Gasteiger partial charge in [0.2, 0.25) is 0 Å². The van der Waals surface area contributed by atoms with E-state index < -0.39 is 17.5 Å². The van der Waals surface area contributed by atoms with Crippen LogP contribution in [0.15, 0.2) is 29.1 Å². The van der Waals surface area contributed by atoms with E-state index in [2.05, 4.69) is 30.9 Å². The number of aromatic nitrogens is 5. The Morgan fingerprint density at radius 2 is 2.03 bits per heavy atom. The van der Waals surface area contributed by atoms with Crippen molar-refractivity contribution in [3.63, 3.8) is 0 Å². The minimum atomic E-state index is -0.944. The quantitative estimate of drug-likeness (QED) is 0.306. The molecule has 194 valence electrons. The zero-order valence-corrected chi connectivity index (χ0v) is 20.5. The van der Waals surface area contributed by atoms with Crippen LogP contribution in [0.3, 0.4) is 0 Å². The van der Waals surface area contributed by atoms with Gasteiger partial charge >= 0.3 is 6.08 Å². The van der Waals surface area contributed by atoms with Crippen molar-refractivity contribution in [1.29, 1.82) is 0 Å². The first-order valence-electron chi connectivity index (χ1n) is 11.9. The number of carbonyl (C=O) groups excluding carboxylic acids is 1. The molecule has 4 aromatic rings. The van der Waals surface area contributed by atoms with Gasteiger partial charge in [0.1, 0.15) is 30.1 Å². The molecule has 1 atom stereocenters. The van der Waals surface area contributed by atoms with E-state index in [-0.39, 0.29) is 53.6 Å².